The number of carbonyl (C=O) groups excluding carboxylic acids is 1. The highest BCUT2D eigenvalue weighted by atomic mass is 16.5. The number of rotatable bonds is 5. The van der Waals surface area contributed by atoms with Crippen molar-refractivity contribution in [2.24, 2.45) is 0 Å². The second-order valence-electron chi connectivity index (χ2n) is 5.39. The third-order valence-corrected chi connectivity index (χ3v) is 3.40. The number of fused-ring (bicyclic) bond motifs is 1. The van der Waals surface area contributed by atoms with Crippen molar-refractivity contribution in [2.45, 2.75) is 19.4 Å². The lowest BCUT2D eigenvalue weighted by atomic mass is 10.1. The molecule has 1 aromatic rings. The first-order valence-corrected chi connectivity index (χ1v) is 6.90. The second-order valence-corrected chi connectivity index (χ2v) is 5.39. The number of hydrogen-bond donors (Lipinski definition) is 1. The highest BCUT2D eigenvalue weighted by Gasteiger charge is 2.31. The Bertz CT molecular complexity index is 557. The van der Waals surface area contributed by atoms with E-state index in [1.54, 1.807) is 17.9 Å². The maximum atomic E-state index is 12.3. The van der Waals surface area contributed by atoms with Gasteiger partial charge in [-0.25, -0.2) is 4.79 Å². The molecule has 1 heterocycles. The van der Waals surface area contributed by atoms with Crippen LogP contribution >= 0.6 is 0 Å². The van der Waals surface area contributed by atoms with Crippen molar-refractivity contribution in [3.05, 3.63) is 23.8 Å². The molecule has 0 saturated carbocycles. The molecule has 6 nitrogen and oxygen atoms in total. The van der Waals surface area contributed by atoms with Gasteiger partial charge in [-0.1, -0.05) is 0 Å². The third kappa shape index (κ3) is 3.33. The van der Waals surface area contributed by atoms with E-state index in [4.69, 9.17) is 9.84 Å². The Morgan fingerprint density at radius 2 is 2.14 bits per heavy atom. The minimum absolute atomic E-state index is 0.135. The van der Waals surface area contributed by atoms with Gasteiger partial charge < -0.3 is 19.6 Å². The first-order valence-electron chi connectivity index (χ1n) is 6.90. The molecule has 1 aromatic carbocycles. The smallest absolute Gasteiger partial charge is 0.335 e. The number of aromatic carboxylic acids is 1. The number of amides is 1. The molecule has 0 bridgehead atoms. The van der Waals surface area contributed by atoms with Gasteiger partial charge in [0, 0.05) is 6.54 Å². The summed E-state index contributed by atoms with van der Waals surface area (Å²) < 4.78 is 5.54. The van der Waals surface area contributed by atoms with Crippen LogP contribution < -0.4 is 9.64 Å². The Labute approximate surface area is 123 Å². The molecule has 1 N–H and O–H groups in total. The minimum atomic E-state index is -1.02. The SMILES string of the molecule is CC1Oc2ccc(C(=O)O)cc2N(CCCN(C)C)C1=O. The van der Waals surface area contributed by atoms with Gasteiger partial charge in [-0.3, -0.25) is 4.79 Å². The van der Waals surface area contributed by atoms with Crippen LogP contribution in [-0.2, 0) is 4.79 Å². The van der Waals surface area contributed by atoms with Crippen LogP contribution in [0.25, 0.3) is 0 Å². The van der Waals surface area contributed by atoms with Crippen LogP contribution in [0.3, 0.4) is 0 Å². The summed E-state index contributed by atoms with van der Waals surface area (Å²) in [5.74, 6) is -0.599. The van der Waals surface area contributed by atoms with Crippen LogP contribution in [0.2, 0.25) is 0 Å². The van der Waals surface area contributed by atoms with E-state index in [9.17, 15) is 9.59 Å². The van der Waals surface area contributed by atoms with Gasteiger partial charge in [-0.2, -0.15) is 0 Å². The summed E-state index contributed by atoms with van der Waals surface area (Å²) in [6.07, 6.45) is 0.259. The van der Waals surface area contributed by atoms with E-state index >= 15 is 0 Å². The van der Waals surface area contributed by atoms with Crippen LogP contribution in [0.15, 0.2) is 18.2 Å². The highest BCUT2D eigenvalue weighted by molar-refractivity contribution is 6.01. The van der Waals surface area contributed by atoms with Crippen molar-refractivity contribution in [1.29, 1.82) is 0 Å². The summed E-state index contributed by atoms with van der Waals surface area (Å²) in [6, 6.07) is 4.60. The minimum Gasteiger partial charge on any atom is -0.479 e. The standard InChI is InChI=1S/C15H20N2O4/c1-10-14(18)17(8-4-7-16(2)3)12-9-11(15(19)20)5-6-13(12)21-10/h5-6,9-10H,4,7-8H2,1-3H3,(H,19,20). The summed E-state index contributed by atoms with van der Waals surface area (Å²) in [5, 5.41) is 9.09. The van der Waals surface area contributed by atoms with E-state index in [1.807, 2.05) is 19.0 Å². The lowest BCUT2D eigenvalue weighted by Gasteiger charge is -2.33. The van der Waals surface area contributed by atoms with Gasteiger partial charge >= 0.3 is 5.97 Å². The fraction of sp³-hybridized carbons (Fsp3) is 0.467. The molecule has 21 heavy (non-hydrogen) atoms. The van der Waals surface area contributed by atoms with E-state index in [1.165, 1.54) is 12.1 Å². The average Bonchev–Trinajstić information content (AvgIpc) is 2.42. The predicted octanol–water partition coefficient (Wildman–Crippen LogP) is 1.45. The van der Waals surface area contributed by atoms with E-state index in [2.05, 4.69) is 0 Å². The number of carboxylic acid groups (broad SMARTS) is 1. The largest absolute Gasteiger partial charge is 0.479 e. The van der Waals surface area contributed by atoms with Crippen molar-refractivity contribution in [1.82, 2.24) is 4.90 Å². The molecule has 0 spiro atoms. The van der Waals surface area contributed by atoms with Crippen molar-refractivity contribution in [2.75, 3.05) is 32.1 Å². The molecule has 1 amide bonds. The molecule has 1 aliphatic rings. The first kappa shape index (κ1) is 15.3. The van der Waals surface area contributed by atoms with Crippen molar-refractivity contribution in [3.63, 3.8) is 0 Å². The monoisotopic (exact) mass is 292 g/mol. The Hall–Kier alpha value is -2.08. The summed E-state index contributed by atoms with van der Waals surface area (Å²) in [4.78, 5) is 27.0. The van der Waals surface area contributed by atoms with Crippen LogP contribution in [-0.4, -0.2) is 55.2 Å². The zero-order valence-electron chi connectivity index (χ0n) is 12.5. The number of ether oxygens (including phenoxy) is 1. The number of carboxylic acids is 1. The Balaban J connectivity index is 2.28. The van der Waals surface area contributed by atoms with E-state index in [-0.39, 0.29) is 11.5 Å². The molecular weight excluding hydrogens is 272 g/mol. The van der Waals surface area contributed by atoms with Gasteiger partial charge in [0.05, 0.1) is 11.3 Å². The molecule has 6 heteroatoms. The summed E-state index contributed by atoms with van der Waals surface area (Å²) in [5.41, 5.74) is 0.689. The van der Waals surface area contributed by atoms with Gasteiger partial charge in [0.1, 0.15) is 5.75 Å². The number of hydrogen-bond acceptors (Lipinski definition) is 4. The topological polar surface area (TPSA) is 70.1 Å². The highest BCUT2D eigenvalue weighted by Crippen LogP contribution is 2.35. The zero-order valence-corrected chi connectivity index (χ0v) is 12.5. The molecule has 114 valence electrons. The third-order valence-electron chi connectivity index (χ3n) is 3.40. The molecule has 0 aliphatic carbocycles. The van der Waals surface area contributed by atoms with Crippen LogP contribution in [0.4, 0.5) is 5.69 Å². The summed E-state index contributed by atoms with van der Waals surface area (Å²) >= 11 is 0. The summed E-state index contributed by atoms with van der Waals surface area (Å²) in [7, 11) is 3.94. The van der Waals surface area contributed by atoms with Gasteiger partial charge in [0.15, 0.2) is 6.10 Å². The fourth-order valence-electron chi connectivity index (χ4n) is 2.32. The van der Waals surface area contributed by atoms with Gasteiger partial charge in [0.25, 0.3) is 5.91 Å². The van der Waals surface area contributed by atoms with Crippen LogP contribution in [0.5, 0.6) is 5.75 Å². The van der Waals surface area contributed by atoms with Crippen LogP contribution in [0, 0.1) is 0 Å². The van der Waals surface area contributed by atoms with Crippen molar-refractivity contribution < 1.29 is 19.4 Å². The average molecular weight is 292 g/mol. The van der Waals surface area contributed by atoms with E-state index in [0.717, 1.165) is 13.0 Å². The lowest BCUT2D eigenvalue weighted by Crippen LogP contribution is -2.45. The number of carbonyl (C=O) groups is 2. The Kier molecular flexibility index (Phi) is 4.47. The molecule has 1 atom stereocenters. The number of benzene rings is 1. The number of anilines is 1. The second kappa shape index (κ2) is 6.13. The molecule has 0 fully saturated rings. The molecule has 0 saturated heterocycles. The molecule has 0 radical (unpaired) electrons. The van der Waals surface area contributed by atoms with Crippen molar-refractivity contribution >= 4 is 17.6 Å². The van der Waals surface area contributed by atoms with E-state index in [0.29, 0.717) is 18.0 Å². The quantitative estimate of drug-likeness (QED) is 0.889. The maximum Gasteiger partial charge on any atom is 0.335 e. The Morgan fingerprint density at radius 1 is 1.43 bits per heavy atom. The Morgan fingerprint density at radius 3 is 2.76 bits per heavy atom. The lowest BCUT2D eigenvalue weighted by molar-refractivity contribution is -0.125. The normalized spacial score (nSPS) is 17.6. The van der Waals surface area contributed by atoms with Crippen molar-refractivity contribution in [3.8, 4) is 5.75 Å². The van der Waals surface area contributed by atoms with E-state index < -0.39 is 12.1 Å². The van der Waals surface area contributed by atoms with Gasteiger partial charge in [0.2, 0.25) is 0 Å². The number of nitrogens with zero attached hydrogens (tertiary/aromatic N) is 2. The molecule has 1 aliphatic heterocycles. The first-order chi connectivity index (χ1) is 9.90. The van der Waals surface area contributed by atoms with Crippen LogP contribution in [0.1, 0.15) is 23.7 Å². The van der Waals surface area contributed by atoms with Gasteiger partial charge in [-0.05, 0) is 52.2 Å². The fourth-order valence-corrected chi connectivity index (χ4v) is 2.32. The summed E-state index contributed by atoms with van der Waals surface area (Å²) in [6.45, 7) is 3.10. The molecular formula is C15H20N2O4. The molecule has 2 rings (SSSR count). The van der Waals surface area contributed by atoms with Gasteiger partial charge in [-0.15, -0.1) is 0 Å². The molecule has 0 aromatic heterocycles. The maximum absolute atomic E-state index is 12.3. The molecule has 1 unspecified atom stereocenters. The predicted molar refractivity (Wildman–Crippen MR) is 79.0 cm³/mol. The zero-order chi connectivity index (χ0) is 15.6.